The summed E-state index contributed by atoms with van der Waals surface area (Å²) in [6.45, 7) is 6.13. The molecule has 0 aliphatic rings. The molecule has 2 N–H and O–H groups in total. The average Bonchev–Trinajstić information content (AvgIpc) is 2.59. The standard InChI is InChI=1S/C20H22N2O7/c1-11-15(18(24)25)17(13-5-7-14(8-6-13)22(27)28)16(12(2)21-11)19(26)29-20(3,4)9-10-23/h5-8,23H,9-10H2,1-4H3,(H,24,25). The zero-order valence-electron chi connectivity index (χ0n) is 16.6. The number of carbonyl (C=O) groups excluding carboxylic acids is 1. The van der Waals surface area contributed by atoms with Crippen molar-refractivity contribution in [1.82, 2.24) is 4.98 Å². The van der Waals surface area contributed by atoms with Crippen LogP contribution in [0.2, 0.25) is 0 Å². The molecule has 9 heteroatoms. The summed E-state index contributed by atoms with van der Waals surface area (Å²) in [5.74, 6) is -2.07. The molecule has 0 unspecified atom stereocenters. The van der Waals surface area contributed by atoms with Gasteiger partial charge in [0, 0.05) is 30.7 Å². The molecule has 0 radical (unpaired) electrons. The predicted molar refractivity (Wildman–Crippen MR) is 104 cm³/mol. The molecule has 0 saturated carbocycles. The zero-order chi connectivity index (χ0) is 21.9. The molecule has 1 aromatic carbocycles. The van der Waals surface area contributed by atoms with Crippen molar-refractivity contribution >= 4 is 17.6 Å². The van der Waals surface area contributed by atoms with Gasteiger partial charge in [0.05, 0.1) is 27.4 Å². The number of aliphatic hydroxyl groups is 1. The van der Waals surface area contributed by atoms with Gasteiger partial charge in [-0.25, -0.2) is 9.59 Å². The SMILES string of the molecule is Cc1nc(C)c(C(=O)OC(C)(C)CCO)c(-c2ccc([N+](=O)[O-])cc2)c1C(=O)O. The van der Waals surface area contributed by atoms with Gasteiger partial charge in [-0.2, -0.15) is 0 Å². The number of carboxylic acids is 1. The van der Waals surface area contributed by atoms with Crippen molar-refractivity contribution in [1.29, 1.82) is 0 Å². The Labute approximate surface area is 167 Å². The van der Waals surface area contributed by atoms with Gasteiger partial charge in [-0.05, 0) is 45.4 Å². The summed E-state index contributed by atoms with van der Waals surface area (Å²) in [6.07, 6.45) is 0.190. The fourth-order valence-electron chi connectivity index (χ4n) is 3.02. The topological polar surface area (TPSA) is 140 Å². The Kier molecular flexibility index (Phi) is 6.33. The van der Waals surface area contributed by atoms with Gasteiger partial charge in [-0.15, -0.1) is 0 Å². The molecule has 2 rings (SSSR count). The van der Waals surface area contributed by atoms with Crippen molar-refractivity contribution in [3.05, 3.63) is 56.9 Å². The Morgan fingerprint density at radius 3 is 2.17 bits per heavy atom. The lowest BCUT2D eigenvalue weighted by molar-refractivity contribution is -0.384. The number of pyridine rings is 1. The number of rotatable bonds is 7. The highest BCUT2D eigenvalue weighted by Crippen LogP contribution is 2.34. The van der Waals surface area contributed by atoms with Crippen molar-refractivity contribution in [3.8, 4) is 11.1 Å². The van der Waals surface area contributed by atoms with Crippen LogP contribution in [0.25, 0.3) is 11.1 Å². The number of carbonyl (C=O) groups is 2. The molecule has 0 aliphatic heterocycles. The Hall–Kier alpha value is -3.33. The lowest BCUT2D eigenvalue weighted by atomic mass is 9.92. The molecule has 29 heavy (non-hydrogen) atoms. The number of ether oxygens (including phenoxy) is 1. The smallest absolute Gasteiger partial charge is 0.341 e. The number of hydrogen-bond donors (Lipinski definition) is 2. The number of hydrogen-bond acceptors (Lipinski definition) is 7. The van der Waals surface area contributed by atoms with Crippen molar-refractivity contribution in [2.75, 3.05) is 6.61 Å². The third-order valence-corrected chi connectivity index (χ3v) is 4.43. The third kappa shape index (κ3) is 4.75. The molecule has 0 fully saturated rings. The number of nitrogens with zero attached hydrogens (tertiary/aromatic N) is 2. The van der Waals surface area contributed by atoms with Gasteiger partial charge in [0.2, 0.25) is 0 Å². The minimum atomic E-state index is -1.29. The average molecular weight is 402 g/mol. The summed E-state index contributed by atoms with van der Waals surface area (Å²) >= 11 is 0. The maximum atomic E-state index is 13.0. The van der Waals surface area contributed by atoms with E-state index >= 15 is 0 Å². The van der Waals surface area contributed by atoms with Crippen LogP contribution in [0.1, 0.15) is 52.4 Å². The molecule has 9 nitrogen and oxygen atoms in total. The molecule has 2 aromatic rings. The number of aliphatic hydroxyl groups excluding tert-OH is 1. The molecular weight excluding hydrogens is 380 g/mol. The minimum Gasteiger partial charge on any atom is -0.478 e. The number of benzene rings is 1. The first-order chi connectivity index (χ1) is 13.5. The second kappa shape index (κ2) is 8.36. The highest BCUT2D eigenvalue weighted by atomic mass is 16.6. The number of nitro benzene ring substituents is 1. The number of aromatic nitrogens is 1. The summed E-state index contributed by atoms with van der Waals surface area (Å²) in [5, 5.41) is 29.8. The predicted octanol–water partition coefficient (Wildman–Crippen LogP) is 3.29. The van der Waals surface area contributed by atoms with Gasteiger partial charge >= 0.3 is 11.9 Å². The normalized spacial score (nSPS) is 11.2. The van der Waals surface area contributed by atoms with Crippen LogP contribution in [0.3, 0.4) is 0 Å². The number of nitro groups is 1. The summed E-state index contributed by atoms with van der Waals surface area (Å²) in [4.78, 5) is 39.4. The van der Waals surface area contributed by atoms with E-state index in [-0.39, 0.29) is 46.8 Å². The minimum absolute atomic E-state index is 0.0344. The van der Waals surface area contributed by atoms with Gasteiger partial charge in [0.15, 0.2) is 0 Å². The van der Waals surface area contributed by atoms with Crippen LogP contribution in [0, 0.1) is 24.0 Å². The third-order valence-electron chi connectivity index (χ3n) is 4.43. The first-order valence-corrected chi connectivity index (χ1v) is 8.82. The van der Waals surface area contributed by atoms with Crippen LogP contribution >= 0.6 is 0 Å². The van der Waals surface area contributed by atoms with E-state index in [4.69, 9.17) is 9.84 Å². The summed E-state index contributed by atoms with van der Waals surface area (Å²) in [6, 6.07) is 5.23. The van der Waals surface area contributed by atoms with E-state index < -0.39 is 22.5 Å². The molecular formula is C20H22N2O7. The van der Waals surface area contributed by atoms with Gasteiger partial charge < -0.3 is 14.9 Å². The number of carboxylic acid groups (broad SMARTS) is 1. The van der Waals surface area contributed by atoms with Crippen LogP contribution in [0.15, 0.2) is 24.3 Å². The highest BCUT2D eigenvalue weighted by molar-refractivity contribution is 6.06. The Morgan fingerprint density at radius 2 is 1.69 bits per heavy atom. The van der Waals surface area contributed by atoms with Crippen LogP contribution in [-0.2, 0) is 4.74 Å². The van der Waals surface area contributed by atoms with Gasteiger partial charge in [0.1, 0.15) is 5.60 Å². The van der Waals surface area contributed by atoms with Crippen molar-refractivity contribution in [3.63, 3.8) is 0 Å². The summed E-state index contributed by atoms with van der Waals surface area (Å²) in [5.41, 5.74) is -0.499. The molecule has 154 valence electrons. The van der Waals surface area contributed by atoms with Crippen LogP contribution in [0.4, 0.5) is 5.69 Å². The van der Waals surface area contributed by atoms with Crippen LogP contribution < -0.4 is 0 Å². The molecule has 0 atom stereocenters. The number of aromatic carboxylic acids is 1. The number of non-ortho nitro benzene ring substituents is 1. The first kappa shape index (κ1) is 22.0. The molecule has 0 spiro atoms. The van der Waals surface area contributed by atoms with Crippen molar-refractivity contribution < 1.29 is 29.5 Å². The fraction of sp³-hybridized carbons (Fsp3) is 0.350. The Balaban J connectivity index is 2.73. The highest BCUT2D eigenvalue weighted by Gasteiger charge is 2.30. The molecule has 0 bridgehead atoms. The van der Waals surface area contributed by atoms with Gasteiger partial charge in [-0.1, -0.05) is 0 Å². The van der Waals surface area contributed by atoms with Crippen molar-refractivity contribution in [2.45, 2.75) is 39.7 Å². The molecule has 1 aromatic heterocycles. The van der Waals surface area contributed by atoms with E-state index in [2.05, 4.69) is 4.98 Å². The Morgan fingerprint density at radius 1 is 1.14 bits per heavy atom. The maximum absolute atomic E-state index is 13.0. The number of aryl methyl sites for hydroxylation is 2. The van der Waals surface area contributed by atoms with Crippen LogP contribution in [-0.4, -0.2) is 44.3 Å². The molecule has 0 aliphatic carbocycles. The van der Waals surface area contributed by atoms with Crippen molar-refractivity contribution in [2.24, 2.45) is 0 Å². The van der Waals surface area contributed by atoms with E-state index in [0.29, 0.717) is 5.56 Å². The quantitative estimate of drug-likeness (QED) is 0.408. The second-order valence-electron chi connectivity index (χ2n) is 7.14. The van der Waals surface area contributed by atoms with Crippen LogP contribution in [0.5, 0.6) is 0 Å². The summed E-state index contributed by atoms with van der Waals surface area (Å²) < 4.78 is 5.50. The van der Waals surface area contributed by atoms with E-state index in [1.807, 2.05) is 0 Å². The lowest BCUT2D eigenvalue weighted by Gasteiger charge is -2.25. The van der Waals surface area contributed by atoms with E-state index in [0.717, 1.165) is 0 Å². The van der Waals surface area contributed by atoms with E-state index in [1.165, 1.54) is 31.2 Å². The van der Waals surface area contributed by atoms with Gasteiger partial charge in [0.25, 0.3) is 5.69 Å². The summed E-state index contributed by atoms with van der Waals surface area (Å²) in [7, 11) is 0. The largest absolute Gasteiger partial charge is 0.478 e. The number of esters is 1. The molecule has 1 heterocycles. The fourth-order valence-corrected chi connectivity index (χ4v) is 3.02. The second-order valence-corrected chi connectivity index (χ2v) is 7.14. The molecule has 0 amide bonds. The first-order valence-electron chi connectivity index (χ1n) is 8.82. The lowest BCUT2D eigenvalue weighted by Crippen LogP contribution is -2.30. The van der Waals surface area contributed by atoms with E-state index in [1.54, 1.807) is 20.8 Å². The van der Waals surface area contributed by atoms with Gasteiger partial charge in [-0.3, -0.25) is 15.1 Å². The maximum Gasteiger partial charge on any atom is 0.341 e. The molecule has 0 saturated heterocycles. The zero-order valence-corrected chi connectivity index (χ0v) is 16.6. The Bertz CT molecular complexity index is 966. The monoisotopic (exact) mass is 402 g/mol. The van der Waals surface area contributed by atoms with E-state index in [9.17, 15) is 24.8 Å².